The highest BCUT2D eigenvalue weighted by Gasteiger charge is 2.15. The monoisotopic (exact) mass is 165 g/mol. The molecule has 0 bridgehead atoms. The summed E-state index contributed by atoms with van der Waals surface area (Å²) < 4.78 is 0. The van der Waals surface area contributed by atoms with Crippen LogP contribution in [-0.4, -0.2) is 28.6 Å². The van der Waals surface area contributed by atoms with Crippen LogP contribution in [0.4, 0.5) is 0 Å². The number of nitrogens with zero attached hydrogens (tertiary/aromatic N) is 1. The van der Waals surface area contributed by atoms with Gasteiger partial charge in [-0.3, -0.25) is 10.0 Å². The zero-order valence-electron chi connectivity index (χ0n) is 6.17. The molecule has 0 radical (unpaired) electrons. The summed E-state index contributed by atoms with van der Waals surface area (Å²) in [4.78, 5) is 10.9. The Balaban J connectivity index is 3.82. The molecule has 1 unspecified atom stereocenters. The predicted octanol–water partition coefficient (Wildman–Crippen LogP) is 1.10. The fourth-order valence-corrected chi connectivity index (χ4v) is 0.608. The van der Waals surface area contributed by atoms with Gasteiger partial charge in [-0.15, -0.1) is 11.6 Å². The van der Waals surface area contributed by atoms with Crippen molar-refractivity contribution >= 4 is 17.5 Å². The van der Waals surface area contributed by atoms with E-state index in [1.54, 1.807) is 13.8 Å². The van der Waals surface area contributed by atoms with Gasteiger partial charge >= 0.3 is 0 Å². The van der Waals surface area contributed by atoms with E-state index in [0.29, 0.717) is 11.6 Å². The molecule has 0 aromatic carbocycles. The molecule has 0 aromatic rings. The third kappa shape index (κ3) is 2.54. The van der Waals surface area contributed by atoms with Gasteiger partial charge in [0, 0.05) is 12.4 Å². The van der Waals surface area contributed by atoms with Crippen LogP contribution in [0.5, 0.6) is 0 Å². The van der Waals surface area contributed by atoms with Crippen molar-refractivity contribution in [1.29, 1.82) is 0 Å². The molecule has 60 valence electrons. The molecule has 0 spiro atoms. The van der Waals surface area contributed by atoms with Crippen molar-refractivity contribution in [3.05, 3.63) is 0 Å². The molecule has 3 nitrogen and oxygen atoms in total. The maximum Gasteiger partial charge on any atom is 0.249 e. The minimum atomic E-state index is -0.322. The van der Waals surface area contributed by atoms with E-state index >= 15 is 0 Å². The number of rotatable bonds is 3. The Morgan fingerprint density at radius 2 is 2.30 bits per heavy atom. The molecule has 4 heteroatoms. The van der Waals surface area contributed by atoms with Gasteiger partial charge in [-0.1, -0.05) is 6.92 Å². The third-order valence-electron chi connectivity index (χ3n) is 1.21. The standard InChI is InChI=1S/C6H12ClNO2/c1-3-8(10)6(9)5(2)4-7/h5,10H,3-4H2,1-2H3. The first-order chi connectivity index (χ1) is 4.63. The Hall–Kier alpha value is -0.280. The highest BCUT2D eigenvalue weighted by atomic mass is 35.5. The smallest absolute Gasteiger partial charge is 0.249 e. The van der Waals surface area contributed by atoms with Crippen LogP contribution in [-0.2, 0) is 4.79 Å². The lowest BCUT2D eigenvalue weighted by atomic mass is 10.2. The van der Waals surface area contributed by atoms with Crippen LogP contribution >= 0.6 is 11.6 Å². The lowest BCUT2D eigenvalue weighted by Gasteiger charge is -2.15. The van der Waals surface area contributed by atoms with Gasteiger partial charge in [-0.25, -0.2) is 5.06 Å². The van der Waals surface area contributed by atoms with Crippen LogP contribution in [0, 0.1) is 5.92 Å². The molecule has 0 saturated heterocycles. The fourth-order valence-electron chi connectivity index (χ4n) is 0.476. The van der Waals surface area contributed by atoms with Crippen LogP contribution in [0.3, 0.4) is 0 Å². The minimum absolute atomic E-state index is 0.246. The SMILES string of the molecule is CCN(O)C(=O)C(C)CCl. The van der Waals surface area contributed by atoms with Gasteiger partial charge in [0.15, 0.2) is 0 Å². The highest BCUT2D eigenvalue weighted by Crippen LogP contribution is 2.01. The summed E-state index contributed by atoms with van der Waals surface area (Å²) in [5.41, 5.74) is 0. The van der Waals surface area contributed by atoms with E-state index in [1.165, 1.54) is 0 Å². The second-order valence-corrected chi connectivity index (χ2v) is 2.42. The molecule has 1 amide bonds. The maximum absolute atomic E-state index is 10.9. The average Bonchev–Trinajstić information content (AvgIpc) is 2.00. The first-order valence-electron chi connectivity index (χ1n) is 3.19. The number of hydrogen-bond donors (Lipinski definition) is 1. The van der Waals surface area contributed by atoms with Crippen LogP contribution in [0.1, 0.15) is 13.8 Å². The number of hydrogen-bond acceptors (Lipinski definition) is 2. The van der Waals surface area contributed by atoms with Crippen molar-refractivity contribution in [2.24, 2.45) is 5.92 Å². The van der Waals surface area contributed by atoms with E-state index in [-0.39, 0.29) is 17.7 Å². The molecule has 1 atom stereocenters. The lowest BCUT2D eigenvalue weighted by Crippen LogP contribution is -2.32. The highest BCUT2D eigenvalue weighted by molar-refractivity contribution is 6.19. The Bertz CT molecular complexity index is 106. The van der Waals surface area contributed by atoms with E-state index in [2.05, 4.69) is 0 Å². The van der Waals surface area contributed by atoms with E-state index in [4.69, 9.17) is 16.8 Å². The zero-order valence-corrected chi connectivity index (χ0v) is 6.93. The summed E-state index contributed by atoms with van der Waals surface area (Å²) in [5, 5.41) is 9.53. The van der Waals surface area contributed by atoms with Crippen LogP contribution < -0.4 is 0 Å². The van der Waals surface area contributed by atoms with Crippen molar-refractivity contribution in [2.45, 2.75) is 13.8 Å². The second kappa shape index (κ2) is 4.52. The minimum Gasteiger partial charge on any atom is -0.286 e. The molecule has 0 saturated carbocycles. The van der Waals surface area contributed by atoms with Gasteiger partial charge in [0.05, 0.1) is 5.92 Å². The largest absolute Gasteiger partial charge is 0.286 e. The van der Waals surface area contributed by atoms with Crippen molar-refractivity contribution < 1.29 is 10.0 Å². The Labute approximate surface area is 65.5 Å². The van der Waals surface area contributed by atoms with Crippen molar-refractivity contribution in [1.82, 2.24) is 5.06 Å². The summed E-state index contributed by atoms with van der Waals surface area (Å²) in [6.07, 6.45) is 0. The molecule has 0 fully saturated rings. The van der Waals surface area contributed by atoms with Crippen molar-refractivity contribution in [2.75, 3.05) is 12.4 Å². The van der Waals surface area contributed by atoms with Gasteiger partial charge in [-0.2, -0.15) is 0 Å². The van der Waals surface area contributed by atoms with E-state index in [9.17, 15) is 4.79 Å². The first kappa shape index (κ1) is 9.72. The van der Waals surface area contributed by atoms with E-state index < -0.39 is 0 Å². The fraction of sp³-hybridized carbons (Fsp3) is 0.833. The molecular formula is C6H12ClNO2. The van der Waals surface area contributed by atoms with Crippen LogP contribution in [0.2, 0.25) is 0 Å². The average molecular weight is 166 g/mol. The van der Waals surface area contributed by atoms with Crippen molar-refractivity contribution in [3.63, 3.8) is 0 Å². The van der Waals surface area contributed by atoms with E-state index in [0.717, 1.165) is 0 Å². The number of amides is 1. The molecule has 1 N–H and O–H groups in total. The molecule has 0 heterocycles. The quantitative estimate of drug-likeness (QED) is 0.387. The molecular weight excluding hydrogens is 154 g/mol. The van der Waals surface area contributed by atoms with E-state index in [1.807, 2.05) is 0 Å². The van der Waals surface area contributed by atoms with Gasteiger partial charge in [0.2, 0.25) is 5.91 Å². The third-order valence-corrected chi connectivity index (χ3v) is 1.67. The molecule has 0 aliphatic carbocycles. The number of hydroxylamine groups is 2. The van der Waals surface area contributed by atoms with Gasteiger partial charge in [0.25, 0.3) is 0 Å². The van der Waals surface area contributed by atoms with Crippen LogP contribution in [0.15, 0.2) is 0 Å². The Kier molecular flexibility index (Phi) is 4.40. The summed E-state index contributed by atoms with van der Waals surface area (Å²) in [6.45, 7) is 3.67. The van der Waals surface area contributed by atoms with Crippen molar-refractivity contribution in [3.8, 4) is 0 Å². The number of carbonyl (C=O) groups excluding carboxylic acids is 1. The first-order valence-corrected chi connectivity index (χ1v) is 3.73. The molecule has 0 aliphatic heterocycles. The lowest BCUT2D eigenvalue weighted by molar-refractivity contribution is -0.167. The molecule has 0 aromatic heterocycles. The summed E-state index contributed by atoms with van der Waals surface area (Å²) in [5.74, 6) is -0.375. The number of carbonyl (C=O) groups is 1. The van der Waals surface area contributed by atoms with Crippen LogP contribution in [0.25, 0.3) is 0 Å². The number of halogens is 1. The van der Waals surface area contributed by atoms with Gasteiger partial charge < -0.3 is 0 Å². The Morgan fingerprint density at radius 3 is 2.60 bits per heavy atom. The topological polar surface area (TPSA) is 40.5 Å². The maximum atomic E-state index is 10.9. The molecule has 0 aliphatic rings. The predicted molar refractivity (Wildman–Crippen MR) is 39.1 cm³/mol. The van der Waals surface area contributed by atoms with Gasteiger partial charge in [0.1, 0.15) is 0 Å². The second-order valence-electron chi connectivity index (χ2n) is 2.11. The molecule has 10 heavy (non-hydrogen) atoms. The summed E-state index contributed by atoms with van der Waals surface area (Å²) in [7, 11) is 0. The normalized spacial score (nSPS) is 12.8. The Morgan fingerprint density at radius 1 is 1.80 bits per heavy atom. The zero-order chi connectivity index (χ0) is 8.15. The summed E-state index contributed by atoms with van der Waals surface area (Å²) in [6, 6.07) is 0. The summed E-state index contributed by atoms with van der Waals surface area (Å²) >= 11 is 5.39. The number of alkyl halides is 1. The molecule has 0 rings (SSSR count). The van der Waals surface area contributed by atoms with Gasteiger partial charge in [-0.05, 0) is 6.92 Å².